The number of aromatic nitrogens is 1. The van der Waals surface area contributed by atoms with E-state index in [1.54, 1.807) is 19.1 Å². The number of nitrogens with one attached hydrogen (secondary N) is 1. The monoisotopic (exact) mass is 404 g/mol. The van der Waals surface area contributed by atoms with Crippen LogP contribution in [0.1, 0.15) is 26.4 Å². The van der Waals surface area contributed by atoms with Crippen LogP contribution >= 0.6 is 34.1 Å². The predicted octanol–water partition coefficient (Wildman–Crippen LogP) is 2.71. The Hall–Kier alpha value is -1.68. The Kier molecular flexibility index (Phi) is 4.23. The van der Waals surface area contributed by atoms with E-state index >= 15 is 0 Å². The maximum atomic E-state index is 12.0. The molecule has 0 fully saturated rings. The second-order valence-electron chi connectivity index (χ2n) is 3.90. The van der Waals surface area contributed by atoms with E-state index in [2.05, 4.69) is 9.69 Å². The molecule has 104 valence electrons. The van der Waals surface area contributed by atoms with Gasteiger partial charge >= 0.3 is 5.97 Å². The van der Waals surface area contributed by atoms with Crippen molar-refractivity contribution in [1.29, 1.82) is 0 Å². The summed E-state index contributed by atoms with van der Waals surface area (Å²) in [6.45, 7) is 1.56. The summed E-state index contributed by atoms with van der Waals surface area (Å²) in [6.07, 6.45) is 0. The third-order valence-electron chi connectivity index (χ3n) is 2.51. The van der Waals surface area contributed by atoms with Gasteiger partial charge in [0.2, 0.25) is 0 Å². The molecule has 2 rings (SSSR count). The van der Waals surface area contributed by atoms with Crippen LogP contribution in [-0.2, 0) is 0 Å². The standard InChI is InChI=1S/C12H9IN2O4S/c1-5-9(12(18)19)11(20-15-5)14-10(17)6-2-3-7(13)8(16)4-6/h2-4,16H,1H3,(H,14,17)(H,18,19). The Morgan fingerprint density at radius 1 is 1.40 bits per heavy atom. The van der Waals surface area contributed by atoms with Crippen molar-refractivity contribution in [2.24, 2.45) is 0 Å². The van der Waals surface area contributed by atoms with Crippen LogP contribution in [0.2, 0.25) is 0 Å². The molecule has 0 aliphatic heterocycles. The first-order valence-corrected chi connectivity index (χ1v) is 7.24. The normalized spacial score (nSPS) is 10.3. The van der Waals surface area contributed by atoms with Gasteiger partial charge < -0.3 is 15.5 Å². The van der Waals surface area contributed by atoms with Crippen molar-refractivity contribution in [2.75, 3.05) is 5.32 Å². The largest absolute Gasteiger partial charge is 0.507 e. The summed E-state index contributed by atoms with van der Waals surface area (Å²) in [5.74, 6) is -1.64. The number of carboxylic acid groups (broad SMARTS) is 1. The molecule has 0 saturated carbocycles. The van der Waals surface area contributed by atoms with Gasteiger partial charge in [-0.1, -0.05) is 0 Å². The first-order valence-electron chi connectivity index (χ1n) is 5.39. The summed E-state index contributed by atoms with van der Waals surface area (Å²) in [7, 11) is 0. The van der Waals surface area contributed by atoms with Crippen molar-refractivity contribution >= 4 is 51.0 Å². The van der Waals surface area contributed by atoms with Gasteiger partial charge in [0.15, 0.2) is 0 Å². The summed E-state index contributed by atoms with van der Waals surface area (Å²) in [5.41, 5.74) is 0.576. The number of aromatic carboxylic acids is 1. The number of halogens is 1. The number of phenols is 1. The molecule has 6 nitrogen and oxygen atoms in total. The van der Waals surface area contributed by atoms with Gasteiger partial charge in [0, 0.05) is 5.56 Å². The molecule has 0 aliphatic carbocycles. The van der Waals surface area contributed by atoms with Crippen LogP contribution in [0.3, 0.4) is 0 Å². The number of rotatable bonds is 3. The maximum absolute atomic E-state index is 12.0. The van der Waals surface area contributed by atoms with Crippen molar-refractivity contribution in [2.45, 2.75) is 6.92 Å². The second kappa shape index (κ2) is 5.75. The summed E-state index contributed by atoms with van der Waals surface area (Å²) in [6, 6.07) is 4.47. The molecule has 0 atom stereocenters. The Morgan fingerprint density at radius 3 is 2.70 bits per heavy atom. The third kappa shape index (κ3) is 2.90. The number of carboxylic acids is 1. The van der Waals surface area contributed by atoms with Crippen LogP contribution in [0.5, 0.6) is 5.75 Å². The van der Waals surface area contributed by atoms with Crippen LogP contribution in [0.15, 0.2) is 18.2 Å². The van der Waals surface area contributed by atoms with Gasteiger partial charge in [0.05, 0.1) is 9.26 Å². The molecule has 0 radical (unpaired) electrons. The second-order valence-corrected chi connectivity index (χ2v) is 5.83. The van der Waals surface area contributed by atoms with Crippen LogP contribution < -0.4 is 5.32 Å². The van der Waals surface area contributed by atoms with Crippen molar-refractivity contribution in [3.63, 3.8) is 0 Å². The lowest BCUT2D eigenvalue weighted by molar-refractivity contribution is 0.0697. The molecule has 1 heterocycles. The van der Waals surface area contributed by atoms with Crippen LogP contribution in [-0.4, -0.2) is 26.5 Å². The highest BCUT2D eigenvalue weighted by Crippen LogP contribution is 2.26. The molecule has 0 saturated heterocycles. The van der Waals surface area contributed by atoms with Gasteiger partial charge in [-0.25, -0.2) is 4.79 Å². The lowest BCUT2D eigenvalue weighted by atomic mass is 10.2. The van der Waals surface area contributed by atoms with Crippen LogP contribution in [0.25, 0.3) is 0 Å². The zero-order valence-corrected chi connectivity index (χ0v) is 13.2. The molecule has 20 heavy (non-hydrogen) atoms. The minimum Gasteiger partial charge on any atom is -0.507 e. The highest BCUT2D eigenvalue weighted by Gasteiger charge is 2.20. The predicted molar refractivity (Wildman–Crippen MR) is 82.6 cm³/mol. The summed E-state index contributed by atoms with van der Waals surface area (Å²) < 4.78 is 4.54. The number of phenolic OH excluding ortho intramolecular Hbond substituents is 1. The molecular weight excluding hydrogens is 395 g/mol. The number of benzene rings is 1. The van der Waals surface area contributed by atoms with Gasteiger partial charge in [-0.2, -0.15) is 4.37 Å². The SMILES string of the molecule is Cc1nsc(NC(=O)c2ccc(I)c(O)c2)c1C(=O)O. The van der Waals surface area contributed by atoms with E-state index < -0.39 is 11.9 Å². The van der Waals surface area contributed by atoms with Crippen molar-refractivity contribution in [3.05, 3.63) is 38.6 Å². The van der Waals surface area contributed by atoms with Gasteiger partial charge in [-0.05, 0) is 59.2 Å². The lowest BCUT2D eigenvalue weighted by Crippen LogP contribution is -2.13. The number of aryl methyl sites for hydroxylation is 1. The fourth-order valence-corrected chi connectivity index (χ4v) is 2.66. The highest BCUT2D eigenvalue weighted by atomic mass is 127. The number of carbonyl (C=O) groups excluding carboxylic acids is 1. The van der Waals surface area contributed by atoms with Gasteiger partial charge in [-0.15, -0.1) is 0 Å². The van der Waals surface area contributed by atoms with Crippen molar-refractivity contribution in [3.8, 4) is 5.75 Å². The molecule has 2 aromatic rings. The van der Waals surface area contributed by atoms with E-state index in [0.29, 0.717) is 9.26 Å². The molecule has 1 amide bonds. The van der Waals surface area contributed by atoms with E-state index in [0.717, 1.165) is 11.5 Å². The first-order chi connectivity index (χ1) is 9.40. The molecule has 0 unspecified atom stereocenters. The Balaban J connectivity index is 2.28. The number of anilines is 1. The van der Waals surface area contributed by atoms with E-state index in [1.807, 2.05) is 22.6 Å². The molecule has 1 aromatic heterocycles. The fourth-order valence-electron chi connectivity index (χ4n) is 1.54. The minimum atomic E-state index is -1.14. The summed E-state index contributed by atoms with van der Waals surface area (Å²) in [5, 5.41) is 21.3. The average Bonchev–Trinajstić information content (AvgIpc) is 2.73. The van der Waals surface area contributed by atoms with E-state index in [4.69, 9.17) is 5.11 Å². The molecule has 0 bridgehead atoms. The topological polar surface area (TPSA) is 99.5 Å². The molecule has 0 spiro atoms. The number of nitrogens with zero attached hydrogens (tertiary/aromatic N) is 1. The number of hydrogen-bond acceptors (Lipinski definition) is 5. The van der Waals surface area contributed by atoms with Crippen LogP contribution in [0.4, 0.5) is 5.00 Å². The average molecular weight is 404 g/mol. The summed E-state index contributed by atoms with van der Waals surface area (Å²) in [4.78, 5) is 23.1. The Morgan fingerprint density at radius 2 is 2.10 bits per heavy atom. The van der Waals surface area contributed by atoms with Gasteiger partial charge in [-0.3, -0.25) is 4.79 Å². The Bertz CT molecular complexity index is 699. The highest BCUT2D eigenvalue weighted by molar-refractivity contribution is 14.1. The van der Waals surface area contributed by atoms with Gasteiger partial charge in [0.1, 0.15) is 16.3 Å². The zero-order valence-electron chi connectivity index (χ0n) is 10.2. The molecule has 0 aliphatic rings. The minimum absolute atomic E-state index is 0.00260. The smallest absolute Gasteiger partial charge is 0.340 e. The van der Waals surface area contributed by atoms with Crippen molar-refractivity contribution < 1.29 is 19.8 Å². The van der Waals surface area contributed by atoms with Gasteiger partial charge in [0.25, 0.3) is 5.91 Å². The molecular formula is C12H9IN2O4S. The molecule has 8 heteroatoms. The number of hydrogen-bond donors (Lipinski definition) is 3. The number of amides is 1. The number of aromatic hydroxyl groups is 1. The maximum Gasteiger partial charge on any atom is 0.340 e. The zero-order chi connectivity index (χ0) is 14.9. The Labute approximate surface area is 131 Å². The fraction of sp³-hybridized carbons (Fsp3) is 0.0833. The van der Waals surface area contributed by atoms with Crippen molar-refractivity contribution in [1.82, 2.24) is 4.37 Å². The third-order valence-corrected chi connectivity index (χ3v) is 4.28. The first kappa shape index (κ1) is 14.7. The van der Waals surface area contributed by atoms with Crippen LogP contribution in [0, 0.1) is 10.5 Å². The number of carbonyl (C=O) groups is 2. The van der Waals surface area contributed by atoms with E-state index in [-0.39, 0.29) is 21.9 Å². The summed E-state index contributed by atoms with van der Waals surface area (Å²) >= 11 is 2.85. The lowest BCUT2D eigenvalue weighted by Gasteiger charge is -2.05. The molecule has 1 aromatic carbocycles. The quantitative estimate of drug-likeness (QED) is 0.684. The van der Waals surface area contributed by atoms with E-state index in [9.17, 15) is 14.7 Å². The van der Waals surface area contributed by atoms with E-state index in [1.165, 1.54) is 6.07 Å². The molecule has 3 N–H and O–H groups in total.